The molecule has 0 bridgehead atoms. The second-order valence-electron chi connectivity index (χ2n) is 18.1. The van der Waals surface area contributed by atoms with Crippen molar-refractivity contribution in [3.63, 3.8) is 0 Å². The van der Waals surface area contributed by atoms with Gasteiger partial charge in [0.1, 0.15) is 10.8 Å². The standard InChI is InChI=1S/C54H51N2OS.Pt/c1-52(2,3)43-33-45(50(57)46(34-43)53(4,5)6)51-56-49-44(20-15-21-48(49)58-51)39-29-36(28-35-16-11-9-12-17-35)30-40(31-39)47-32-38(26-27-55-47)37-22-24-42(25-23-37)54(7,8)41-18-13-10-14-19-41;/h9-27,29-30,32-34,57H,28H2,1-8H3;/q-1;. The molecule has 0 radical (unpaired) electrons. The molecule has 8 rings (SSSR count). The fourth-order valence-corrected chi connectivity index (χ4v) is 8.80. The van der Waals surface area contributed by atoms with Crippen molar-refractivity contribution < 1.29 is 26.2 Å². The third-order valence-corrected chi connectivity index (χ3v) is 12.4. The van der Waals surface area contributed by atoms with Crippen LogP contribution in [0.5, 0.6) is 5.75 Å². The average Bonchev–Trinajstić information content (AvgIpc) is 3.65. The van der Waals surface area contributed by atoms with E-state index in [1.807, 2.05) is 6.20 Å². The van der Waals surface area contributed by atoms with Gasteiger partial charge < -0.3 is 5.11 Å². The number of phenols is 1. The van der Waals surface area contributed by atoms with E-state index in [0.29, 0.717) is 5.75 Å². The molecule has 0 saturated carbocycles. The second kappa shape index (κ2) is 16.5. The molecule has 0 fully saturated rings. The Hall–Kier alpha value is -5.15. The Morgan fingerprint density at radius 3 is 1.92 bits per heavy atom. The molecule has 300 valence electrons. The molecule has 3 nitrogen and oxygen atoms in total. The number of pyridine rings is 1. The first-order chi connectivity index (χ1) is 27.6. The van der Waals surface area contributed by atoms with Gasteiger partial charge in [-0.1, -0.05) is 176 Å². The summed E-state index contributed by atoms with van der Waals surface area (Å²) in [5.41, 5.74) is 14.4. The molecular weight excluding hydrogens is 920 g/mol. The number of nitrogens with zero attached hydrogens (tertiary/aromatic N) is 2. The van der Waals surface area contributed by atoms with E-state index in [1.165, 1.54) is 27.8 Å². The maximum atomic E-state index is 11.8. The van der Waals surface area contributed by atoms with E-state index in [2.05, 4.69) is 201 Å². The number of aromatic hydroxyl groups is 1. The minimum Gasteiger partial charge on any atom is -0.507 e. The van der Waals surface area contributed by atoms with Crippen LogP contribution in [-0.2, 0) is 43.7 Å². The summed E-state index contributed by atoms with van der Waals surface area (Å²) in [6.45, 7) is 17.7. The van der Waals surface area contributed by atoms with Gasteiger partial charge in [0.15, 0.2) is 0 Å². The van der Waals surface area contributed by atoms with Gasteiger partial charge in [-0.25, -0.2) is 4.98 Å². The normalized spacial score (nSPS) is 12.1. The fraction of sp³-hybridized carbons (Fsp3) is 0.222. The summed E-state index contributed by atoms with van der Waals surface area (Å²) in [7, 11) is 0. The zero-order valence-electron chi connectivity index (χ0n) is 35.1. The van der Waals surface area contributed by atoms with Crippen molar-refractivity contribution in [1.29, 1.82) is 0 Å². The molecule has 0 aliphatic carbocycles. The zero-order valence-corrected chi connectivity index (χ0v) is 38.2. The predicted molar refractivity (Wildman–Crippen MR) is 245 cm³/mol. The quantitative estimate of drug-likeness (QED) is 0.154. The summed E-state index contributed by atoms with van der Waals surface area (Å²) in [5.74, 6) is 0.306. The third kappa shape index (κ3) is 8.77. The number of hydrogen-bond acceptors (Lipinski definition) is 4. The maximum Gasteiger partial charge on any atom is 0.129 e. The number of rotatable bonds is 8. The fourth-order valence-electron chi connectivity index (χ4n) is 7.79. The zero-order chi connectivity index (χ0) is 40.8. The molecule has 5 heteroatoms. The molecule has 0 unspecified atom stereocenters. The molecule has 0 aliphatic heterocycles. The largest absolute Gasteiger partial charge is 0.507 e. The van der Waals surface area contributed by atoms with Crippen LogP contribution in [0.15, 0.2) is 146 Å². The second-order valence-corrected chi connectivity index (χ2v) is 19.1. The molecule has 6 aromatic carbocycles. The smallest absolute Gasteiger partial charge is 0.129 e. The molecule has 8 aromatic rings. The summed E-state index contributed by atoms with van der Waals surface area (Å²) < 4.78 is 1.06. The Bertz CT molecular complexity index is 2740. The summed E-state index contributed by atoms with van der Waals surface area (Å²) >= 11 is 1.62. The van der Waals surface area contributed by atoms with Crippen molar-refractivity contribution in [3.05, 3.63) is 185 Å². The number of phenolic OH excluding ortho intramolecular Hbond substituents is 1. The Kier molecular flexibility index (Phi) is 11.7. The Morgan fingerprint density at radius 1 is 0.576 bits per heavy atom. The van der Waals surface area contributed by atoms with Gasteiger partial charge in [-0.05, 0) is 68.8 Å². The van der Waals surface area contributed by atoms with Crippen LogP contribution < -0.4 is 0 Å². The molecule has 1 N–H and O–H groups in total. The maximum absolute atomic E-state index is 11.8. The number of benzene rings is 6. The van der Waals surface area contributed by atoms with Crippen LogP contribution in [-0.4, -0.2) is 15.1 Å². The molecule has 0 amide bonds. The van der Waals surface area contributed by atoms with Gasteiger partial charge >= 0.3 is 0 Å². The minimum atomic E-state index is -0.236. The summed E-state index contributed by atoms with van der Waals surface area (Å²) in [5, 5.41) is 12.6. The number of thiazole rings is 1. The van der Waals surface area contributed by atoms with Crippen molar-refractivity contribution in [2.45, 2.75) is 78.1 Å². The molecule has 0 spiro atoms. The van der Waals surface area contributed by atoms with Crippen LogP contribution in [0, 0.1) is 6.07 Å². The van der Waals surface area contributed by atoms with Crippen LogP contribution in [0.25, 0.3) is 54.3 Å². The van der Waals surface area contributed by atoms with Gasteiger partial charge in [0.25, 0.3) is 0 Å². The summed E-state index contributed by atoms with van der Waals surface area (Å²) in [6.07, 6.45) is 2.68. The number of fused-ring (bicyclic) bond motifs is 1. The van der Waals surface area contributed by atoms with Crippen LogP contribution in [0.4, 0.5) is 0 Å². The molecule has 0 saturated heterocycles. The Labute approximate surface area is 368 Å². The van der Waals surface area contributed by atoms with Crippen LogP contribution in [0.1, 0.15) is 88.8 Å². The van der Waals surface area contributed by atoms with Gasteiger partial charge in [0, 0.05) is 48.6 Å². The number of para-hydroxylation sites is 1. The first-order valence-electron chi connectivity index (χ1n) is 20.2. The van der Waals surface area contributed by atoms with Crippen LogP contribution in [0.3, 0.4) is 0 Å². The van der Waals surface area contributed by atoms with E-state index in [9.17, 15) is 5.11 Å². The molecule has 2 aromatic heterocycles. The van der Waals surface area contributed by atoms with Crippen molar-refractivity contribution in [3.8, 4) is 49.8 Å². The van der Waals surface area contributed by atoms with E-state index >= 15 is 0 Å². The van der Waals surface area contributed by atoms with E-state index in [4.69, 9.17) is 9.97 Å². The van der Waals surface area contributed by atoms with Crippen molar-refractivity contribution >= 4 is 21.6 Å². The minimum absolute atomic E-state index is 0. The van der Waals surface area contributed by atoms with Gasteiger partial charge in [-0.2, -0.15) is 0 Å². The topological polar surface area (TPSA) is 46.0 Å². The van der Waals surface area contributed by atoms with Crippen molar-refractivity contribution in [1.82, 2.24) is 9.97 Å². The van der Waals surface area contributed by atoms with E-state index in [1.54, 1.807) is 11.3 Å². The van der Waals surface area contributed by atoms with Crippen LogP contribution in [0.2, 0.25) is 0 Å². The Balaban J connectivity index is 0.00000528. The van der Waals surface area contributed by atoms with Crippen molar-refractivity contribution in [2.75, 3.05) is 0 Å². The summed E-state index contributed by atoms with van der Waals surface area (Å²) in [6, 6.07) is 53.4. The van der Waals surface area contributed by atoms with Gasteiger partial charge in [-0.3, -0.25) is 4.98 Å². The molecule has 0 aliphatic rings. The Morgan fingerprint density at radius 2 is 1.24 bits per heavy atom. The van der Waals surface area contributed by atoms with Gasteiger partial charge in [0.05, 0.1) is 11.1 Å². The predicted octanol–water partition coefficient (Wildman–Crippen LogP) is 14.4. The van der Waals surface area contributed by atoms with E-state index in [0.717, 1.165) is 66.3 Å². The molecular formula is C54H51N2OPtS-. The van der Waals surface area contributed by atoms with Gasteiger partial charge in [0.2, 0.25) is 0 Å². The monoisotopic (exact) mass is 970 g/mol. The average molecular weight is 971 g/mol. The van der Waals surface area contributed by atoms with Crippen LogP contribution >= 0.6 is 11.3 Å². The summed E-state index contributed by atoms with van der Waals surface area (Å²) in [4.78, 5) is 10.2. The first-order valence-corrected chi connectivity index (χ1v) is 21.0. The SMILES string of the molecule is CC(C)(C)c1cc(-c2nc3c(-c4[c-]c(-c5cc(-c6ccc(C(C)(C)c7ccccc7)cc6)ccn5)cc(Cc5ccccc5)c4)cccc3s2)c(O)c(C(C)(C)C)c1.[Pt]. The molecule has 59 heavy (non-hydrogen) atoms. The first kappa shape index (κ1) is 42.0. The van der Waals surface area contributed by atoms with E-state index in [-0.39, 0.29) is 37.3 Å². The van der Waals surface area contributed by atoms with Crippen molar-refractivity contribution in [2.24, 2.45) is 0 Å². The molecule has 0 atom stereocenters. The number of aromatic nitrogens is 2. The number of hydrogen-bond donors (Lipinski definition) is 1. The third-order valence-electron chi connectivity index (χ3n) is 11.4. The molecule has 2 heterocycles. The van der Waals surface area contributed by atoms with Gasteiger partial charge in [-0.15, -0.1) is 40.7 Å². The van der Waals surface area contributed by atoms with E-state index < -0.39 is 0 Å².